The van der Waals surface area contributed by atoms with Crippen LogP contribution in [0.3, 0.4) is 0 Å². The van der Waals surface area contributed by atoms with Crippen LogP contribution in [-0.2, 0) is 9.84 Å². The molecule has 0 atom stereocenters. The van der Waals surface area contributed by atoms with Gasteiger partial charge in [0, 0.05) is 0 Å². The monoisotopic (exact) mass is 161 g/mol. The normalized spacial score (nSPS) is 22.2. The molecule has 56 valence electrons. The van der Waals surface area contributed by atoms with Gasteiger partial charge in [-0.05, 0) is 6.92 Å². The Morgan fingerprint density at radius 2 is 2.30 bits per heavy atom. The van der Waals surface area contributed by atoms with E-state index in [1.807, 2.05) is 0 Å². The first kappa shape index (κ1) is 7.43. The predicted octanol–water partition coefficient (Wildman–Crippen LogP) is -0.333. The minimum Gasteiger partial charge on any atom is -0.389 e. The van der Waals surface area contributed by atoms with Gasteiger partial charge in [0.2, 0.25) is 9.84 Å². The first-order valence-electron chi connectivity index (χ1n) is 2.68. The van der Waals surface area contributed by atoms with Gasteiger partial charge in [0.05, 0.1) is 17.7 Å². The smallest absolute Gasteiger partial charge is 0.217 e. The summed E-state index contributed by atoms with van der Waals surface area (Å²) < 4.78 is 21.7. The Hall–Kier alpha value is -0.680. The van der Waals surface area contributed by atoms with Crippen LogP contribution < -0.4 is 0 Å². The number of hydrogen-bond donors (Lipinski definition) is 1. The fourth-order valence-electron chi connectivity index (χ4n) is 0.705. The lowest BCUT2D eigenvalue weighted by atomic mass is 10.6. The molecule has 5 heteroatoms. The number of aliphatic hydroxyl groups is 1. The highest BCUT2D eigenvalue weighted by molar-refractivity contribution is 8.09. The molecule has 0 saturated heterocycles. The Morgan fingerprint density at radius 3 is 2.50 bits per heavy atom. The molecule has 0 bridgehead atoms. The molecule has 1 aliphatic heterocycles. The Labute approximate surface area is 58.8 Å². The molecule has 0 spiro atoms. The van der Waals surface area contributed by atoms with Crippen LogP contribution in [0.5, 0.6) is 0 Å². The number of aliphatic imine (C=N–C) groups is 1. The maximum atomic E-state index is 10.8. The van der Waals surface area contributed by atoms with Crippen LogP contribution >= 0.6 is 0 Å². The minimum absolute atomic E-state index is 0.162. The molecule has 0 aromatic heterocycles. The van der Waals surface area contributed by atoms with Gasteiger partial charge in [-0.3, -0.25) is 0 Å². The summed E-state index contributed by atoms with van der Waals surface area (Å²) in [6.07, 6.45) is 0. The van der Waals surface area contributed by atoms with Gasteiger partial charge in [-0.15, -0.1) is 0 Å². The largest absolute Gasteiger partial charge is 0.389 e. The second-order valence-electron chi connectivity index (χ2n) is 1.97. The fourth-order valence-corrected chi connectivity index (χ4v) is 1.79. The van der Waals surface area contributed by atoms with Crippen molar-refractivity contribution in [1.29, 1.82) is 0 Å². The summed E-state index contributed by atoms with van der Waals surface area (Å²) in [5.41, 5.74) is 0.420. The molecule has 0 saturated carbocycles. The third-order valence-corrected chi connectivity index (χ3v) is 2.62. The molecule has 1 heterocycles. The number of sulfone groups is 1. The molecule has 0 aromatic rings. The maximum Gasteiger partial charge on any atom is 0.217 e. The van der Waals surface area contributed by atoms with Crippen LogP contribution in [0.2, 0.25) is 0 Å². The van der Waals surface area contributed by atoms with Crippen LogP contribution in [0.25, 0.3) is 0 Å². The van der Waals surface area contributed by atoms with Crippen molar-refractivity contribution in [3.63, 3.8) is 0 Å². The molecular weight excluding hydrogens is 154 g/mol. The van der Waals surface area contributed by atoms with Gasteiger partial charge in [0.1, 0.15) is 0 Å². The molecule has 1 N–H and O–H groups in total. The van der Waals surface area contributed by atoms with E-state index < -0.39 is 16.4 Å². The summed E-state index contributed by atoms with van der Waals surface area (Å²) in [5.74, 6) is 0. The lowest BCUT2D eigenvalue weighted by Crippen LogP contribution is -2.12. The molecule has 1 aliphatic rings. The van der Waals surface area contributed by atoms with Crippen molar-refractivity contribution < 1.29 is 13.5 Å². The van der Waals surface area contributed by atoms with Crippen LogP contribution in [0.4, 0.5) is 0 Å². The molecule has 1 rings (SSSR count). The third-order valence-electron chi connectivity index (χ3n) is 1.09. The van der Waals surface area contributed by atoms with Gasteiger partial charge in [-0.2, -0.15) is 0 Å². The van der Waals surface area contributed by atoms with Crippen molar-refractivity contribution in [2.45, 2.75) is 6.92 Å². The van der Waals surface area contributed by atoms with Crippen LogP contribution in [-0.4, -0.2) is 25.2 Å². The van der Waals surface area contributed by atoms with Crippen molar-refractivity contribution >= 4 is 14.9 Å². The molecule has 0 unspecified atom stereocenters. The van der Waals surface area contributed by atoms with Crippen molar-refractivity contribution in [2.75, 3.05) is 6.61 Å². The van der Waals surface area contributed by atoms with Crippen molar-refractivity contribution in [2.24, 2.45) is 4.99 Å². The molecule has 4 nitrogen and oxygen atoms in total. The summed E-state index contributed by atoms with van der Waals surface area (Å²) in [6.45, 7) is 1.05. The first-order valence-corrected chi connectivity index (χ1v) is 4.23. The van der Waals surface area contributed by atoms with Gasteiger partial charge in [0.15, 0.2) is 5.04 Å². The van der Waals surface area contributed by atoms with Gasteiger partial charge < -0.3 is 5.11 Å². The molecule has 10 heavy (non-hydrogen) atoms. The Balaban J connectivity index is 3.15. The summed E-state index contributed by atoms with van der Waals surface area (Å²) >= 11 is 0. The number of allylic oxidation sites excluding steroid dienone is 1. The quantitative estimate of drug-likeness (QED) is 0.572. The number of nitrogens with zero attached hydrogens (tertiary/aromatic N) is 1. The zero-order chi connectivity index (χ0) is 7.78. The number of hydrogen-bond acceptors (Lipinski definition) is 4. The molecule has 0 aliphatic carbocycles. The van der Waals surface area contributed by atoms with E-state index in [0.29, 0.717) is 5.70 Å². The highest BCUT2D eigenvalue weighted by atomic mass is 32.2. The molecule has 0 amide bonds. The topological polar surface area (TPSA) is 66.7 Å². The second kappa shape index (κ2) is 2.17. The summed E-state index contributed by atoms with van der Waals surface area (Å²) in [5, 5.41) is 9.35. The summed E-state index contributed by atoms with van der Waals surface area (Å²) in [6, 6.07) is 0. The molecule has 0 aromatic carbocycles. The van der Waals surface area contributed by atoms with Crippen molar-refractivity contribution in [1.82, 2.24) is 0 Å². The summed E-state index contributed by atoms with van der Waals surface area (Å²) in [7, 11) is -3.35. The van der Waals surface area contributed by atoms with E-state index in [-0.39, 0.29) is 5.04 Å². The van der Waals surface area contributed by atoms with Gasteiger partial charge in [0.25, 0.3) is 0 Å². The zero-order valence-electron chi connectivity index (χ0n) is 5.40. The lowest BCUT2D eigenvalue weighted by Gasteiger charge is -1.90. The third kappa shape index (κ3) is 1.10. The van der Waals surface area contributed by atoms with Crippen LogP contribution in [0.15, 0.2) is 16.1 Å². The standard InChI is InChI=1S/C5H7NO3S/c1-4-3-10(8,9)5(2-7)6-4/h3,7H,2H2,1H3. The van der Waals surface area contributed by atoms with E-state index in [1.165, 1.54) is 0 Å². The van der Waals surface area contributed by atoms with E-state index in [2.05, 4.69) is 4.99 Å². The molecular formula is C5H7NO3S. The highest BCUT2D eigenvalue weighted by Gasteiger charge is 2.21. The fraction of sp³-hybridized carbons (Fsp3) is 0.400. The first-order chi connectivity index (χ1) is 4.56. The van der Waals surface area contributed by atoms with E-state index in [1.54, 1.807) is 6.92 Å². The molecule has 0 radical (unpaired) electrons. The predicted molar refractivity (Wildman–Crippen MR) is 37.2 cm³/mol. The average molecular weight is 161 g/mol. The lowest BCUT2D eigenvalue weighted by molar-refractivity contribution is 0.359. The highest BCUT2D eigenvalue weighted by Crippen LogP contribution is 2.12. The van der Waals surface area contributed by atoms with Crippen LogP contribution in [0, 0.1) is 0 Å². The Kier molecular flexibility index (Phi) is 1.61. The maximum absolute atomic E-state index is 10.8. The van der Waals surface area contributed by atoms with Gasteiger partial charge in [-0.1, -0.05) is 0 Å². The number of aliphatic hydroxyl groups excluding tert-OH is 1. The van der Waals surface area contributed by atoms with Gasteiger partial charge >= 0.3 is 0 Å². The van der Waals surface area contributed by atoms with E-state index in [4.69, 9.17) is 5.11 Å². The van der Waals surface area contributed by atoms with E-state index in [0.717, 1.165) is 5.41 Å². The van der Waals surface area contributed by atoms with Crippen molar-refractivity contribution in [3.05, 3.63) is 11.1 Å². The Morgan fingerprint density at radius 1 is 1.70 bits per heavy atom. The SMILES string of the molecule is CC1=CS(=O)(=O)C(CO)=N1. The van der Waals surface area contributed by atoms with Gasteiger partial charge in [-0.25, -0.2) is 13.4 Å². The Bertz CT molecular complexity index is 299. The molecule has 0 fully saturated rings. The second-order valence-corrected chi connectivity index (χ2v) is 3.76. The average Bonchev–Trinajstić information content (AvgIpc) is 2.04. The van der Waals surface area contributed by atoms with Crippen LogP contribution in [0.1, 0.15) is 6.92 Å². The zero-order valence-corrected chi connectivity index (χ0v) is 6.22. The minimum atomic E-state index is -3.35. The number of rotatable bonds is 1. The van der Waals surface area contributed by atoms with Crippen molar-refractivity contribution in [3.8, 4) is 0 Å². The summed E-state index contributed by atoms with van der Waals surface area (Å²) in [4.78, 5) is 3.60. The van der Waals surface area contributed by atoms with E-state index >= 15 is 0 Å². The van der Waals surface area contributed by atoms with E-state index in [9.17, 15) is 8.42 Å².